The number of H-pyrrole nitrogens is 1. The molecule has 0 saturated heterocycles. The molecule has 4 aromatic rings. The van der Waals surface area contributed by atoms with Gasteiger partial charge in [-0.05, 0) is 79.7 Å². The molecule has 0 spiro atoms. The van der Waals surface area contributed by atoms with Crippen LogP contribution in [0.5, 0.6) is 0 Å². The molecule has 0 aliphatic rings. The summed E-state index contributed by atoms with van der Waals surface area (Å²) in [6.45, 7) is 3.22. The highest BCUT2D eigenvalue weighted by molar-refractivity contribution is 7.80. The van der Waals surface area contributed by atoms with Crippen molar-refractivity contribution in [3.8, 4) is 0 Å². The van der Waals surface area contributed by atoms with Crippen LogP contribution in [0.25, 0.3) is 10.9 Å². The van der Waals surface area contributed by atoms with Crippen molar-refractivity contribution < 1.29 is 8.81 Å². The highest BCUT2D eigenvalue weighted by Gasteiger charge is 2.16. The largest absolute Gasteiger partial charge is 0.467 e. The van der Waals surface area contributed by atoms with E-state index >= 15 is 0 Å². The van der Waals surface area contributed by atoms with E-state index in [9.17, 15) is 4.39 Å². The summed E-state index contributed by atoms with van der Waals surface area (Å²) in [5, 5.41) is 5.46. The van der Waals surface area contributed by atoms with Gasteiger partial charge in [-0.3, -0.25) is 0 Å². The summed E-state index contributed by atoms with van der Waals surface area (Å²) >= 11 is 11.9. The van der Waals surface area contributed by atoms with E-state index in [0.29, 0.717) is 28.9 Å². The van der Waals surface area contributed by atoms with Crippen LogP contribution in [0.15, 0.2) is 65.3 Å². The summed E-state index contributed by atoms with van der Waals surface area (Å²) in [5.74, 6) is 0.490. The fraction of sp³-hybridized carbons (Fsp3) is 0.174. The highest BCUT2D eigenvalue weighted by Crippen LogP contribution is 2.26. The number of aromatic amines is 1. The van der Waals surface area contributed by atoms with Gasteiger partial charge in [0.25, 0.3) is 0 Å². The van der Waals surface area contributed by atoms with Gasteiger partial charge >= 0.3 is 0 Å². The Morgan fingerprint density at radius 2 is 2.07 bits per heavy atom. The number of benzene rings is 2. The van der Waals surface area contributed by atoms with Crippen LogP contribution in [-0.4, -0.2) is 21.5 Å². The van der Waals surface area contributed by atoms with Crippen molar-refractivity contribution >= 4 is 45.5 Å². The molecular weight excluding hydrogens is 421 g/mol. The third kappa shape index (κ3) is 4.66. The minimum Gasteiger partial charge on any atom is -0.467 e. The van der Waals surface area contributed by atoms with Gasteiger partial charge in [-0.25, -0.2) is 4.39 Å². The number of thiocarbonyl (C=S) groups is 1. The molecule has 2 aromatic carbocycles. The van der Waals surface area contributed by atoms with Crippen molar-refractivity contribution in [1.82, 2.24) is 9.88 Å². The Labute approximate surface area is 184 Å². The molecule has 4 rings (SSSR count). The number of nitrogens with one attached hydrogen (secondary N) is 2. The summed E-state index contributed by atoms with van der Waals surface area (Å²) in [6, 6.07) is 15.9. The van der Waals surface area contributed by atoms with E-state index in [1.165, 1.54) is 17.7 Å². The SMILES string of the molecule is Cc1[nH]c2ccc(Cl)cc2c1CCN(Cc1ccco1)C(=S)Nc1cccc(F)c1. The quantitative estimate of drug-likeness (QED) is 0.344. The number of aryl methyl sites for hydroxylation is 1. The van der Waals surface area contributed by atoms with Crippen LogP contribution in [0.3, 0.4) is 0 Å². The van der Waals surface area contributed by atoms with Gasteiger partial charge < -0.3 is 19.6 Å². The van der Waals surface area contributed by atoms with Crippen molar-refractivity contribution in [2.24, 2.45) is 0 Å². The molecule has 0 amide bonds. The zero-order valence-electron chi connectivity index (χ0n) is 16.4. The first-order valence-electron chi connectivity index (χ1n) is 9.60. The monoisotopic (exact) mass is 441 g/mol. The maximum absolute atomic E-state index is 13.6. The lowest BCUT2D eigenvalue weighted by Gasteiger charge is -2.25. The van der Waals surface area contributed by atoms with Gasteiger partial charge in [0.05, 0.1) is 12.8 Å². The average molecular weight is 442 g/mol. The van der Waals surface area contributed by atoms with Crippen LogP contribution in [-0.2, 0) is 13.0 Å². The Kier molecular flexibility index (Phi) is 6.06. The van der Waals surface area contributed by atoms with Crippen LogP contribution in [0.2, 0.25) is 5.02 Å². The van der Waals surface area contributed by atoms with Gasteiger partial charge in [0.15, 0.2) is 5.11 Å². The molecular formula is C23H21ClFN3OS. The van der Waals surface area contributed by atoms with E-state index in [1.54, 1.807) is 18.4 Å². The smallest absolute Gasteiger partial charge is 0.173 e. The lowest BCUT2D eigenvalue weighted by Crippen LogP contribution is -2.35. The second kappa shape index (κ2) is 8.90. The van der Waals surface area contributed by atoms with Gasteiger partial charge in [0.1, 0.15) is 11.6 Å². The molecule has 154 valence electrons. The Morgan fingerprint density at radius 3 is 2.83 bits per heavy atom. The maximum atomic E-state index is 13.6. The van der Waals surface area contributed by atoms with Crippen molar-refractivity contribution in [3.05, 3.63) is 88.7 Å². The number of nitrogens with zero attached hydrogens (tertiary/aromatic N) is 1. The molecule has 0 radical (unpaired) electrons. The molecule has 7 heteroatoms. The van der Waals surface area contributed by atoms with Crippen molar-refractivity contribution in [2.45, 2.75) is 19.9 Å². The topological polar surface area (TPSA) is 44.2 Å². The predicted octanol–water partition coefficient (Wildman–Crippen LogP) is 6.30. The molecule has 2 N–H and O–H groups in total. The maximum Gasteiger partial charge on any atom is 0.173 e. The summed E-state index contributed by atoms with van der Waals surface area (Å²) in [6.07, 6.45) is 2.40. The number of furan rings is 1. The predicted molar refractivity (Wildman–Crippen MR) is 123 cm³/mol. The van der Waals surface area contributed by atoms with E-state index in [0.717, 1.165) is 28.8 Å². The minimum atomic E-state index is -0.313. The normalized spacial score (nSPS) is 11.0. The third-order valence-electron chi connectivity index (χ3n) is 5.00. The van der Waals surface area contributed by atoms with Crippen molar-refractivity contribution in [3.63, 3.8) is 0 Å². The molecule has 0 aliphatic heterocycles. The van der Waals surface area contributed by atoms with Gasteiger partial charge in [-0.15, -0.1) is 0 Å². The Bertz CT molecular complexity index is 1170. The fourth-order valence-corrected chi connectivity index (χ4v) is 3.98. The van der Waals surface area contributed by atoms with Crippen LogP contribution in [0, 0.1) is 12.7 Å². The minimum absolute atomic E-state index is 0.313. The number of aromatic nitrogens is 1. The number of rotatable bonds is 6. The molecule has 0 saturated carbocycles. The van der Waals surface area contributed by atoms with E-state index in [4.69, 9.17) is 28.2 Å². The number of fused-ring (bicyclic) bond motifs is 1. The van der Waals surface area contributed by atoms with Crippen LogP contribution >= 0.6 is 23.8 Å². The van der Waals surface area contributed by atoms with E-state index in [-0.39, 0.29) is 5.82 Å². The lowest BCUT2D eigenvalue weighted by molar-refractivity contribution is 0.368. The molecule has 30 heavy (non-hydrogen) atoms. The summed E-state index contributed by atoms with van der Waals surface area (Å²) < 4.78 is 19.1. The number of hydrogen-bond acceptors (Lipinski definition) is 2. The highest BCUT2D eigenvalue weighted by atomic mass is 35.5. The van der Waals surface area contributed by atoms with E-state index in [1.807, 2.05) is 35.2 Å². The zero-order chi connectivity index (χ0) is 21.1. The molecule has 0 bridgehead atoms. The second-order valence-corrected chi connectivity index (χ2v) is 7.93. The molecule has 0 fully saturated rings. The second-order valence-electron chi connectivity index (χ2n) is 7.11. The summed E-state index contributed by atoms with van der Waals surface area (Å²) in [7, 11) is 0. The van der Waals surface area contributed by atoms with E-state index < -0.39 is 0 Å². The molecule has 0 unspecified atom stereocenters. The average Bonchev–Trinajstić information content (AvgIpc) is 3.32. The van der Waals surface area contributed by atoms with Gasteiger partial charge in [-0.1, -0.05) is 17.7 Å². The number of hydrogen-bond donors (Lipinski definition) is 2. The molecule has 2 aromatic heterocycles. The third-order valence-corrected chi connectivity index (χ3v) is 5.60. The summed E-state index contributed by atoms with van der Waals surface area (Å²) in [4.78, 5) is 5.43. The summed E-state index contributed by atoms with van der Waals surface area (Å²) in [5.41, 5.74) is 3.98. The molecule has 4 nitrogen and oxygen atoms in total. The number of anilines is 1. The standard InChI is InChI=1S/C23H21ClFN3OS/c1-15-20(21-12-16(24)7-8-22(21)26-15)9-10-28(14-19-6-3-11-29-19)23(30)27-18-5-2-4-17(25)13-18/h2-8,11-13,26H,9-10,14H2,1H3,(H,27,30). The zero-order valence-corrected chi connectivity index (χ0v) is 18.0. The lowest BCUT2D eigenvalue weighted by atomic mass is 10.1. The molecule has 0 atom stereocenters. The van der Waals surface area contributed by atoms with Crippen LogP contribution in [0.1, 0.15) is 17.0 Å². The number of halogens is 2. The molecule has 0 aliphatic carbocycles. The fourth-order valence-electron chi connectivity index (χ4n) is 3.54. The van der Waals surface area contributed by atoms with Crippen molar-refractivity contribution in [2.75, 3.05) is 11.9 Å². The molecule has 2 heterocycles. The van der Waals surface area contributed by atoms with Gasteiger partial charge in [0, 0.05) is 33.9 Å². The first-order valence-corrected chi connectivity index (χ1v) is 10.4. The Hall–Kier alpha value is -2.83. The van der Waals surface area contributed by atoms with Crippen molar-refractivity contribution in [1.29, 1.82) is 0 Å². The van der Waals surface area contributed by atoms with E-state index in [2.05, 4.69) is 17.2 Å². The van der Waals surface area contributed by atoms with Gasteiger partial charge in [0.2, 0.25) is 0 Å². The first-order chi connectivity index (χ1) is 14.5. The van der Waals surface area contributed by atoms with Gasteiger partial charge in [-0.2, -0.15) is 0 Å². The van der Waals surface area contributed by atoms with Crippen LogP contribution in [0.4, 0.5) is 10.1 Å². The first kappa shape index (κ1) is 20.4. The Morgan fingerprint density at radius 1 is 1.20 bits per heavy atom. The van der Waals surface area contributed by atoms with Crippen LogP contribution < -0.4 is 5.32 Å². The Balaban J connectivity index is 1.55.